The summed E-state index contributed by atoms with van der Waals surface area (Å²) in [7, 11) is 0. The third kappa shape index (κ3) is 3.73. The second kappa shape index (κ2) is 6.43. The van der Waals surface area contributed by atoms with Gasteiger partial charge >= 0.3 is 5.97 Å². The van der Waals surface area contributed by atoms with Gasteiger partial charge in [0, 0.05) is 11.4 Å². The van der Waals surface area contributed by atoms with Crippen LogP contribution in [0, 0.1) is 0 Å². The van der Waals surface area contributed by atoms with Crippen LogP contribution in [0.5, 0.6) is 0 Å². The van der Waals surface area contributed by atoms with Gasteiger partial charge in [-0.3, -0.25) is 4.79 Å². The molecule has 0 fully saturated rings. The Bertz CT molecular complexity index is 580. The first-order valence-corrected chi connectivity index (χ1v) is 7.15. The summed E-state index contributed by atoms with van der Waals surface area (Å²) in [5.74, 6) is -0.819. The summed E-state index contributed by atoms with van der Waals surface area (Å²) < 4.78 is 0. The summed E-state index contributed by atoms with van der Waals surface area (Å²) in [6.07, 6.45) is 6.52. The number of halogens is 1. The summed E-state index contributed by atoms with van der Waals surface area (Å²) in [6, 6.07) is 6.34. The molecule has 21 heavy (non-hydrogen) atoms. The Morgan fingerprint density at radius 2 is 2.00 bits per heavy atom. The lowest BCUT2D eigenvalue weighted by Gasteiger charge is -2.33. The molecule has 0 aromatic heterocycles. The normalized spacial score (nSPS) is 24.7. The largest absolute Gasteiger partial charge is 0.481 e. The van der Waals surface area contributed by atoms with E-state index in [0.717, 1.165) is 5.57 Å². The third-order valence-electron chi connectivity index (χ3n) is 3.59. The molecule has 1 aliphatic rings. The van der Waals surface area contributed by atoms with E-state index in [1.807, 2.05) is 6.08 Å². The highest BCUT2D eigenvalue weighted by molar-refractivity contribution is 6.30. The lowest BCUT2D eigenvalue weighted by Crippen LogP contribution is -2.44. The fraction of sp³-hybridized carbons (Fsp3) is 0.312. The van der Waals surface area contributed by atoms with Gasteiger partial charge in [0.25, 0.3) is 0 Å². The molecule has 0 amide bonds. The molecule has 1 aromatic carbocycles. The van der Waals surface area contributed by atoms with Gasteiger partial charge in [0.15, 0.2) is 0 Å². The third-order valence-corrected chi connectivity index (χ3v) is 3.85. The first kappa shape index (κ1) is 15.8. The van der Waals surface area contributed by atoms with Crippen LogP contribution in [0.2, 0.25) is 5.02 Å². The SMILES string of the molecule is NC1C=CC(CCCC(=O)O)=CC1(O)c1ccc(Cl)cc1. The molecule has 0 saturated carbocycles. The van der Waals surface area contributed by atoms with E-state index in [4.69, 9.17) is 22.4 Å². The molecule has 4 nitrogen and oxygen atoms in total. The van der Waals surface area contributed by atoms with Crippen molar-refractivity contribution in [3.63, 3.8) is 0 Å². The number of rotatable bonds is 5. The number of nitrogens with two attached hydrogens (primary N) is 1. The number of allylic oxidation sites excluding steroid dienone is 2. The van der Waals surface area contributed by atoms with Crippen LogP contribution in [0.25, 0.3) is 0 Å². The Morgan fingerprint density at radius 1 is 1.33 bits per heavy atom. The average Bonchev–Trinajstić information content (AvgIpc) is 2.43. The van der Waals surface area contributed by atoms with E-state index >= 15 is 0 Å². The van der Waals surface area contributed by atoms with Crippen molar-refractivity contribution in [2.45, 2.75) is 30.9 Å². The summed E-state index contributed by atoms with van der Waals surface area (Å²) >= 11 is 5.86. The minimum absolute atomic E-state index is 0.108. The van der Waals surface area contributed by atoms with E-state index in [0.29, 0.717) is 23.4 Å². The van der Waals surface area contributed by atoms with Gasteiger partial charge in [-0.05, 0) is 42.2 Å². The zero-order valence-corrected chi connectivity index (χ0v) is 12.3. The molecule has 5 heteroatoms. The molecular formula is C16H18ClNO3. The van der Waals surface area contributed by atoms with Gasteiger partial charge in [-0.1, -0.05) is 35.9 Å². The van der Waals surface area contributed by atoms with Crippen LogP contribution in [0.15, 0.2) is 48.1 Å². The Hall–Kier alpha value is -1.62. The minimum Gasteiger partial charge on any atom is -0.481 e. The van der Waals surface area contributed by atoms with Crippen LogP contribution in [0.1, 0.15) is 24.8 Å². The zero-order chi connectivity index (χ0) is 15.5. The molecule has 2 unspecified atom stereocenters. The van der Waals surface area contributed by atoms with E-state index in [1.165, 1.54) is 0 Å². The van der Waals surface area contributed by atoms with Crippen LogP contribution < -0.4 is 5.73 Å². The Kier molecular flexibility index (Phi) is 4.83. The molecule has 112 valence electrons. The highest BCUT2D eigenvalue weighted by atomic mass is 35.5. The number of aliphatic carboxylic acids is 1. The van der Waals surface area contributed by atoms with Gasteiger partial charge < -0.3 is 15.9 Å². The van der Waals surface area contributed by atoms with Crippen molar-refractivity contribution in [1.82, 2.24) is 0 Å². The van der Waals surface area contributed by atoms with Gasteiger partial charge in [0.05, 0.1) is 6.04 Å². The van der Waals surface area contributed by atoms with Crippen molar-refractivity contribution in [2.24, 2.45) is 5.73 Å². The first-order chi connectivity index (χ1) is 9.91. The maximum Gasteiger partial charge on any atom is 0.303 e. The van der Waals surface area contributed by atoms with Gasteiger partial charge in [0.2, 0.25) is 0 Å². The number of carboxylic acids is 1. The van der Waals surface area contributed by atoms with Crippen LogP contribution in [0.3, 0.4) is 0 Å². The minimum atomic E-state index is -1.29. The van der Waals surface area contributed by atoms with Crippen molar-refractivity contribution in [2.75, 3.05) is 0 Å². The first-order valence-electron chi connectivity index (χ1n) is 6.77. The number of carboxylic acid groups (broad SMARTS) is 1. The quantitative estimate of drug-likeness (QED) is 0.781. The molecule has 0 radical (unpaired) electrons. The van der Waals surface area contributed by atoms with Crippen molar-refractivity contribution >= 4 is 17.6 Å². The van der Waals surface area contributed by atoms with E-state index in [1.54, 1.807) is 36.4 Å². The molecule has 2 rings (SSSR count). The molecule has 4 N–H and O–H groups in total. The lowest BCUT2D eigenvalue weighted by molar-refractivity contribution is -0.137. The Labute approximate surface area is 128 Å². The predicted octanol–water partition coefficient (Wildman–Crippen LogP) is 2.61. The molecule has 0 bridgehead atoms. The summed E-state index contributed by atoms with van der Waals surface area (Å²) in [5, 5.41) is 20.1. The molecule has 0 heterocycles. The number of hydrogen-bond donors (Lipinski definition) is 3. The van der Waals surface area contributed by atoms with Gasteiger partial charge in [-0.15, -0.1) is 0 Å². The maximum atomic E-state index is 10.9. The van der Waals surface area contributed by atoms with Crippen molar-refractivity contribution in [1.29, 1.82) is 0 Å². The Balaban J connectivity index is 2.20. The van der Waals surface area contributed by atoms with Crippen LogP contribution in [0.4, 0.5) is 0 Å². The van der Waals surface area contributed by atoms with E-state index < -0.39 is 17.6 Å². The van der Waals surface area contributed by atoms with E-state index in [2.05, 4.69) is 0 Å². The zero-order valence-electron chi connectivity index (χ0n) is 11.5. The molecule has 1 aromatic rings. The van der Waals surface area contributed by atoms with Crippen LogP contribution in [-0.4, -0.2) is 22.2 Å². The van der Waals surface area contributed by atoms with Crippen LogP contribution >= 0.6 is 11.6 Å². The second-order valence-electron chi connectivity index (χ2n) is 5.18. The average molecular weight is 308 g/mol. The fourth-order valence-corrected chi connectivity index (χ4v) is 2.52. The van der Waals surface area contributed by atoms with Crippen molar-refractivity contribution in [3.05, 3.63) is 58.7 Å². The summed E-state index contributed by atoms with van der Waals surface area (Å²) in [4.78, 5) is 10.6. The number of carbonyl (C=O) groups is 1. The van der Waals surface area contributed by atoms with Gasteiger partial charge in [-0.25, -0.2) is 0 Å². The van der Waals surface area contributed by atoms with E-state index in [-0.39, 0.29) is 6.42 Å². The van der Waals surface area contributed by atoms with Gasteiger partial charge in [-0.2, -0.15) is 0 Å². The number of hydrogen-bond acceptors (Lipinski definition) is 3. The number of aliphatic hydroxyl groups is 1. The summed E-state index contributed by atoms with van der Waals surface area (Å²) in [5.41, 5.74) is 6.27. The molecule has 0 aliphatic heterocycles. The standard InChI is InChI=1S/C16H18ClNO3/c17-13-7-5-12(6-8-13)16(21)10-11(4-9-14(16)18)2-1-3-15(19)20/h4-10,14,21H,1-3,18H2,(H,19,20). The Morgan fingerprint density at radius 3 is 2.62 bits per heavy atom. The van der Waals surface area contributed by atoms with E-state index in [9.17, 15) is 9.90 Å². The smallest absolute Gasteiger partial charge is 0.303 e. The maximum absolute atomic E-state index is 10.9. The predicted molar refractivity (Wildman–Crippen MR) is 82.0 cm³/mol. The highest BCUT2D eigenvalue weighted by Gasteiger charge is 2.34. The molecular weight excluding hydrogens is 290 g/mol. The molecule has 0 saturated heterocycles. The van der Waals surface area contributed by atoms with Crippen molar-refractivity contribution < 1.29 is 15.0 Å². The van der Waals surface area contributed by atoms with Crippen LogP contribution in [-0.2, 0) is 10.4 Å². The van der Waals surface area contributed by atoms with Gasteiger partial charge in [0.1, 0.15) is 5.60 Å². The number of benzene rings is 1. The second-order valence-corrected chi connectivity index (χ2v) is 5.62. The monoisotopic (exact) mass is 307 g/mol. The topological polar surface area (TPSA) is 83.6 Å². The highest BCUT2D eigenvalue weighted by Crippen LogP contribution is 2.33. The molecule has 0 spiro atoms. The molecule has 2 atom stereocenters. The molecule has 1 aliphatic carbocycles. The summed E-state index contributed by atoms with van der Waals surface area (Å²) in [6.45, 7) is 0. The lowest BCUT2D eigenvalue weighted by atomic mass is 9.81. The van der Waals surface area contributed by atoms with Crippen molar-refractivity contribution in [3.8, 4) is 0 Å². The fourth-order valence-electron chi connectivity index (χ4n) is 2.39.